The maximum absolute atomic E-state index is 12.7. The van der Waals surface area contributed by atoms with E-state index in [1.807, 2.05) is 48.5 Å². The number of anilines is 2. The minimum atomic E-state index is -0.175. The molecule has 2 aromatic carbocycles. The van der Waals surface area contributed by atoms with Gasteiger partial charge in [-0.05, 0) is 41.3 Å². The molecule has 0 saturated carbocycles. The standard InChI is InChI=1S/C22H22ClN3O/c1-15(2)20-5-3-4-6-21(20)26-22(27)17-11-19(14-24-13-17)25-12-16-7-9-18(23)10-8-16/h3-11,13-15,25H,12H2,1-2H3,(H,26,27). The van der Waals surface area contributed by atoms with Crippen LogP contribution in [-0.2, 0) is 6.54 Å². The molecule has 0 unspecified atom stereocenters. The van der Waals surface area contributed by atoms with E-state index in [1.54, 1.807) is 18.5 Å². The first-order valence-corrected chi connectivity index (χ1v) is 9.24. The van der Waals surface area contributed by atoms with Crippen LogP contribution in [0.4, 0.5) is 11.4 Å². The van der Waals surface area contributed by atoms with Crippen LogP contribution in [0.3, 0.4) is 0 Å². The Balaban J connectivity index is 1.69. The van der Waals surface area contributed by atoms with Gasteiger partial charge in [-0.3, -0.25) is 9.78 Å². The van der Waals surface area contributed by atoms with E-state index in [-0.39, 0.29) is 5.91 Å². The van der Waals surface area contributed by atoms with Gasteiger partial charge in [0.25, 0.3) is 5.91 Å². The lowest BCUT2D eigenvalue weighted by Crippen LogP contribution is -2.14. The van der Waals surface area contributed by atoms with Crippen molar-refractivity contribution in [3.8, 4) is 0 Å². The molecule has 1 heterocycles. The third-order valence-electron chi connectivity index (χ3n) is 4.24. The van der Waals surface area contributed by atoms with Crippen LogP contribution in [0.2, 0.25) is 5.02 Å². The highest BCUT2D eigenvalue weighted by atomic mass is 35.5. The number of amides is 1. The molecule has 138 valence electrons. The van der Waals surface area contributed by atoms with Crippen LogP contribution in [0.5, 0.6) is 0 Å². The fraction of sp³-hybridized carbons (Fsp3) is 0.182. The number of aromatic nitrogens is 1. The number of para-hydroxylation sites is 1. The number of benzene rings is 2. The lowest BCUT2D eigenvalue weighted by Gasteiger charge is -2.14. The molecule has 27 heavy (non-hydrogen) atoms. The van der Waals surface area contributed by atoms with E-state index < -0.39 is 0 Å². The molecule has 0 spiro atoms. The third kappa shape index (κ3) is 5.08. The number of carbonyl (C=O) groups excluding carboxylic acids is 1. The van der Waals surface area contributed by atoms with E-state index in [2.05, 4.69) is 29.5 Å². The first-order chi connectivity index (χ1) is 13.0. The molecule has 0 saturated heterocycles. The number of pyridine rings is 1. The van der Waals surface area contributed by atoms with Crippen LogP contribution < -0.4 is 10.6 Å². The molecule has 4 nitrogen and oxygen atoms in total. The summed E-state index contributed by atoms with van der Waals surface area (Å²) < 4.78 is 0. The molecule has 0 radical (unpaired) electrons. The average molecular weight is 380 g/mol. The first kappa shape index (κ1) is 18.9. The highest BCUT2D eigenvalue weighted by Crippen LogP contribution is 2.24. The van der Waals surface area contributed by atoms with Gasteiger partial charge in [0, 0.05) is 29.6 Å². The van der Waals surface area contributed by atoms with Crippen molar-refractivity contribution in [2.45, 2.75) is 26.3 Å². The second-order valence-electron chi connectivity index (χ2n) is 6.64. The molecule has 3 rings (SSSR count). The van der Waals surface area contributed by atoms with Crippen LogP contribution in [-0.4, -0.2) is 10.9 Å². The number of hydrogen-bond donors (Lipinski definition) is 2. The fourth-order valence-electron chi connectivity index (χ4n) is 2.78. The summed E-state index contributed by atoms with van der Waals surface area (Å²) in [4.78, 5) is 16.8. The Labute approximate surface area is 164 Å². The number of hydrogen-bond acceptors (Lipinski definition) is 3. The van der Waals surface area contributed by atoms with Gasteiger partial charge >= 0.3 is 0 Å². The van der Waals surface area contributed by atoms with Crippen molar-refractivity contribution in [3.05, 3.63) is 88.7 Å². The van der Waals surface area contributed by atoms with E-state index in [9.17, 15) is 4.79 Å². The van der Waals surface area contributed by atoms with Gasteiger partial charge in [0.1, 0.15) is 0 Å². The summed E-state index contributed by atoms with van der Waals surface area (Å²) in [7, 11) is 0. The fourth-order valence-corrected chi connectivity index (χ4v) is 2.90. The van der Waals surface area contributed by atoms with Crippen molar-refractivity contribution < 1.29 is 4.79 Å². The molecule has 2 N–H and O–H groups in total. The Morgan fingerprint density at radius 3 is 2.56 bits per heavy atom. The predicted octanol–water partition coefficient (Wildman–Crippen LogP) is 5.72. The predicted molar refractivity (Wildman–Crippen MR) is 111 cm³/mol. The van der Waals surface area contributed by atoms with E-state index in [4.69, 9.17) is 11.6 Å². The Morgan fingerprint density at radius 1 is 1.07 bits per heavy atom. The molecule has 1 amide bonds. The van der Waals surface area contributed by atoms with Crippen molar-refractivity contribution in [2.75, 3.05) is 10.6 Å². The molecule has 5 heteroatoms. The molecule has 0 fully saturated rings. The van der Waals surface area contributed by atoms with Gasteiger partial charge in [-0.1, -0.05) is 55.8 Å². The van der Waals surface area contributed by atoms with Gasteiger partial charge in [-0.2, -0.15) is 0 Å². The van der Waals surface area contributed by atoms with E-state index >= 15 is 0 Å². The monoisotopic (exact) mass is 379 g/mol. The largest absolute Gasteiger partial charge is 0.380 e. The van der Waals surface area contributed by atoms with Gasteiger partial charge < -0.3 is 10.6 Å². The minimum absolute atomic E-state index is 0.175. The Kier molecular flexibility index (Phi) is 6.09. The zero-order valence-electron chi connectivity index (χ0n) is 15.4. The highest BCUT2D eigenvalue weighted by Gasteiger charge is 2.11. The van der Waals surface area contributed by atoms with Crippen LogP contribution in [0.25, 0.3) is 0 Å². The Hall–Kier alpha value is -2.85. The van der Waals surface area contributed by atoms with Crippen molar-refractivity contribution >= 4 is 28.9 Å². The quantitative estimate of drug-likeness (QED) is 0.575. The summed E-state index contributed by atoms with van der Waals surface area (Å²) in [6.45, 7) is 4.84. The van der Waals surface area contributed by atoms with Crippen molar-refractivity contribution in [1.29, 1.82) is 0 Å². The van der Waals surface area contributed by atoms with E-state index in [0.29, 0.717) is 23.0 Å². The van der Waals surface area contributed by atoms with Crippen molar-refractivity contribution in [2.24, 2.45) is 0 Å². The maximum atomic E-state index is 12.7. The minimum Gasteiger partial charge on any atom is -0.380 e. The van der Waals surface area contributed by atoms with E-state index in [1.165, 1.54) is 0 Å². The van der Waals surface area contributed by atoms with Gasteiger partial charge in [-0.15, -0.1) is 0 Å². The topological polar surface area (TPSA) is 54.0 Å². The number of halogens is 1. The average Bonchev–Trinajstić information content (AvgIpc) is 2.68. The van der Waals surface area contributed by atoms with Gasteiger partial charge in [0.2, 0.25) is 0 Å². The number of carbonyl (C=O) groups is 1. The third-order valence-corrected chi connectivity index (χ3v) is 4.49. The van der Waals surface area contributed by atoms with Crippen LogP contribution >= 0.6 is 11.6 Å². The van der Waals surface area contributed by atoms with Crippen LogP contribution in [0.1, 0.15) is 41.3 Å². The second kappa shape index (κ2) is 8.69. The summed E-state index contributed by atoms with van der Waals surface area (Å²) in [5.74, 6) is 0.151. The molecule has 0 aliphatic carbocycles. The maximum Gasteiger partial charge on any atom is 0.257 e. The lowest BCUT2D eigenvalue weighted by atomic mass is 10.0. The molecule has 0 aliphatic heterocycles. The van der Waals surface area contributed by atoms with Crippen LogP contribution in [0.15, 0.2) is 67.0 Å². The first-order valence-electron chi connectivity index (χ1n) is 8.86. The molecule has 0 aliphatic rings. The molecule has 0 atom stereocenters. The van der Waals surface area contributed by atoms with Crippen molar-refractivity contribution in [3.63, 3.8) is 0 Å². The smallest absolute Gasteiger partial charge is 0.257 e. The highest BCUT2D eigenvalue weighted by molar-refractivity contribution is 6.30. The summed E-state index contributed by atoms with van der Waals surface area (Å²) in [5, 5.41) is 6.99. The normalized spacial score (nSPS) is 10.7. The number of nitrogens with zero attached hydrogens (tertiary/aromatic N) is 1. The molecule has 1 aromatic heterocycles. The molecular weight excluding hydrogens is 358 g/mol. The van der Waals surface area contributed by atoms with Crippen molar-refractivity contribution in [1.82, 2.24) is 4.98 Å². The number of nitrogens with one attached hydrogen (secondary N) is 2. The molecular formula is C22H22ClN3O. The van der Waals surface area contributed by atoms with Gasteiger partial charge in [0.15, 0.2) is 0 Å². The summed E-state index contributed by atoms with van der Waals surface area (Å²) in [5.41, 5.74) is 4.33. The lowest BCUT2D eigenvalue weighted by molar-refractivity contribution is 0.102. The Morgan fingerprint density at radius 2 is 1.81 bits per heavy atom. The van der Waals surface area contributed by atoms with Gasteiger partial charge in [-0.25, -0.2) is 0 Å². The summed E-state index contributed by atoms with van der Waals surface area (Å²) in [6, 6.07) is 17.3. The SMILES string of the molecule is CC(C)c1ccccc1NC(=O)c1cncc(NCc2ccc(Cl)cc2)c1. The Bertz CT molecular complexity index is 923. The zero-order chi connectivity index (χ0) is 19.2. The second-order valence-corrected chi connectivity index (χ2v) is 7.07. The summed E-state index contributed by atoms with van der Waals surface area (Å²) in [6.07, 6.45) is 3.27. The summed E-state index contributed by atoms with van der Waals surface area (Å²) >= 11 is 5.91. The number of rotatable bonds is 6. The van der Waals surface area contributed by atoms with Crippen LogP contribution in [0, 0.1) is 0 Å². The molecule has 3 aromatic rings. The van der Waals surface area contributed by atoms with E-state index in [0.717, 1.165) is 22.5 Å². The zero-order valence-corrected chi connectivity index (χ0v) is 16.1. The van der Waals surface area contributed by atoms with Gasteiger partial charge in [0.05, 0.1) is 11.3 Å². The molecule has 0 bridgehead atoms.